The smallest absolute Gasteiger partial charge is 0.311 e. The summed E-state index contributed by atoms with van der Waals surface area (Å²) in [5.41, 5.74) is 5.32. The van der Waals surface area contributed by atoms with Crippen LogP contribution < -0.4 is 15.8 Å². The number of rotatable bonds is 6. The Morgan fingerprint density at radius 3 is 2.81 bits per heavy atom. The molecule has 1 unspecified atom stereocenters. The molecule has 1 saturated heterocycles. The number of likely N-dealkylation sites (tertiary alicyclic amines) is 1. The molecule has 2 rings (SSSR count). The highest BCUT2D eigenvalue weighted by molar-refractivity contribution is 5.95. The van der Waals surface area contributed by atoms with E-state index in [0.29, 0.717) is 32.5 Å². The summed E-state index contributed by atoms with van der Waals surface area (Å²) in [6, 6.07) is 4.10. The zero-order chi connectivity index (χ0) is 18.4. The summed E-state index contributed by atoms with van der Waals surface area (Å²) in [5.74, 6) is -0.651. The molecule has 1 aliphatic rings. The fourth-order valence-corrected chi connectivity index (χ4v) is 2.86. The summed E-state index contributed by atoms with van der Waals surface area (Å²) in [4.78, 5) is 36.8. The lowest BCUT2D eigenvalue weighted by atomic mass is 9.96. The van der Waals surface area contributed by atoms with Gasteiger partial charge in [0.1, 0.15) is 0 Å². The quantitative estimate of drug-likeness (QED) is 0.553. The van der Waals surface area contributed by atoms with Gasteiger partial charge in [-0.05, 0) is 25.0 Å². The van der Waals surface area contributed by atoms with Crippen molar-refractivity contribution in [2.75, 3.05) is 33.3 Å². The number of nitrogens with zero attached hydrogens (tertiary/aromatic N) is 2. The molecule has 0 radical (unpaired) electrons. The van der Waals surface area contributed by atoms with Crippen LogP contribution in [0.2, 0.25) is 0 Å². The Bertz CT molecular complexity index is 670. The monoisotopic (exact) mass is 386 g/mol. The molecule has 10 heteroatoms. The fraction of sp³-hybridized carbons (Fsp3) is 0.500. The van der Waals surface area contributed by atoms with Gasteiger partial charge in [-0.2, -0.15) is 0 Å². The Morgan fingerprint density at radius 2 is 2.19 bits per heavy atom. The van der Waals surface area contributed by atoms with Crippen molar-refractivity contribution in [3.63, 3.8) is 0 Å². The number of nitro groups is 1. The maximum Gasteiger partial charge on any atom is 0.311 e. The van der Waals surface area contributed by atoms with Gasteiger partial charge in [0.25, 0.3) is 5.91 Å². The van der Waals surface area contributed by atoms with Gasteiger partial charge in [0.2, 0.25) is 5.91 Å². The Hall–Kier alpha value is -2.39. The minimum Gasteiger partial charge on any atom is -0.490 e. The van der Waals surface area contributed by atoms with Crippen LogP contribution in [0, 0.1) is 16.0 Å². The first-order valence-electron chi connectivity index (χ1n) is 8.07. The van der Waals surface area contributed by atoms with Crippen molar-refractivity contribution in [3.05, 3.63) is 33.9 Å². The lowest BCUT2D eigenvalue weighted by Gasteiger charge is -2.32. The van der Waals surface area contributed by atoms with Gasteiger partial charge < -0.3 is 20.7 Å². The molecule has 1 aromatic rings. The minimum absolute atomic E-state index is 0. The number of hydrogen-bond donors (Lipinski definition) is 2. The van der Waals surface area contributed by atoms with E-state index in [-0.39, 0.29) is 53.7 Å². The van der Waals surface area contributed by atoms with Crippen LogP contribution in [-0.4, -0.2) is 54.9 Å². The predicted molar refractivity (Wildman–Crippen MR) is 97.6 cm³/mol. The van der Waals surface area contributed by atoms with Crippen molar-refractivity contribution in [2.45, 2.75) is 12.8 Å². The summed E-state index contributed by atoms with van der Waals surface area (Å²) in [7, 11) is 1.33. The standard InChI is InChI=1S/C16H22N4O5.ClH/c1-25-14-5-4-11(9-13(14)20(23)24)16(22)19-8-2-3-12(10-19)15(21)18-7-6-17;/h4-5,9,12H,2-3,6-8,10,17H2,1H3,(H,18,21);1H. The molecule has 9 nitrogen and oxygen atoms in total. The Balaban J connectivity index is 0.00000338. The Kier molecular flexibility index (Phi) is 8.27. The van der Waals surface area contributed by atoms with Crippen LogP contribution >= 0.6 is 12.4 Å². The number of amides is 2. The van der Waals surface area contributed by atoms with E-state index in [9.17, 15) is 19.7 Å². The molecule has 1 aromatic carbocycles. The number of hydrogen-bond acceptors (Lipinski definition) is 6. The van der Waals surface area contributed by atoms with E-state index in [2.05, 4.69) is 5.32 Å². The molecule has 1 atom stereocenters. The van der Waals surface area contributed by atoms with E-state index >= 15 is 0 Å². The van der Waals surface area contributed by atoms with E-state index in [1.807, 2.05) is 0 Å². The number of carbonyl (C=O) groups is 2. The summed E-state index contributed by atoms with van der Waals surface area (Å²) in [5, 5.41) is 13.8. The van der Waals surface area contributed by atoms with Crippen molar-refractivity contribution in [1.82, 2.24) is 10.2 Å². The number of nitro benzene ring substituents is 1. The van der Waals surface area contributed by atoms with E-state index < -0.39 is 4.92 Å². The van der Waals surface area contributed by atoms with E-state index in [1.165, 1.54) is 25.3 Å². The zero-order valence-electron chi connectivity index (χ0n) is 14.5. The lowest BCUT2D eigenvalue weighted by Crippen LogP contribution is -2.46. The number of piperidine rings is 1. The second kappa shape index (κ2) is 9.93. The Labute approximate surface area is 157 Å². The van der Waals surface area contributed by atoms with Crippen LogP contribution in [0.5, 0.6) is 5.75 Å². The topological polar surface area (TPSA) is 128 Å². The molecule has 0 spiro atoms. The minimum atomic E-state index is -0.588. The second-order valence-electron chi connectivity index (χ2n) is 5.81. The average Bonchev–Trinajstić information content (AvgIpc) is 2.64. The third-order valence-corrected chi connectivity index (χ3v) is 4.15. The molecule has 1 heterocycles. The van der Waals surface area contributed by atoms with Gasteiger partial charge in [-0.15, -0.1) is 12.4 Å². The van der Waals surface area contributed by atoms with Gasteiger partial charge in [-0.25, -0.2) is 0 Å². The summed E-state index contributed by atoms with van der Waals surface area (Å²) in [6.45, 7) is 1.55. The zero-order valence-corrected chi connectivity index (χ0v) is 15.3. The summed E-state index contributed by atoms with van der Waals surface area (Å²) in [6.07, 6.45) is 1.40. The van der Waals surface area contributed by atoms with E-state index in [4.69, 9.17) is 10.5 Å². The van der Waals surface area contributed by atoms with Gasteiger partial charge in [-0.3, -0.25) is 19.7 Å². The van der Waals surface area contributed by atoms with E-state index in [0.717, 1.165) is 0 Å². The lowest BCUT2D eigenvalue weighted by molar-refractivity contribution is -0.385. The van der Waals surface area contributed by atoms with Crippen LogP contribution in [0.3, 0.4) is 0 Å². The number of ether oxygens (including phenoxy) is 1. The molecule has 3 N–H and O–H groups in total. The van der Waals surface area contributed by atoms with Gasteiger partial charge in [-0.1, -0.05) is 0 Å². The first-order chi connectivity index (χ1) is 12.0. The highest BCUT2D eigenvalue weighted by Gasteiger charge is 2.29. The molecule has 0 aromatic heterocycles. The Morgan fingerprint density at radius 1 is 1.46 bits per heavy atom. The molecule has 0 bridgehead atoms. The molecule has 0 saturated carbocycles. The number of nitrogens with one attached hydrogen (secondary N) is 1. The van der Waals surface area contributed by atoms with Crippen LogP contribution in [-0.2, 0) is 4.79 Å². The molecule has 2 amide bonds. The van der Waals surface area contributed by atoms with Crippen molar-refractivity contribution in [1.29, 1.82) is 0 Å². The third kappa shape index (κ3) is 5.06. The first-order valence-corrected chi connectivity index (χ1v) is 8.07. The van der Waals surface area contributed by atoms with Gasteiger partial charge in [0.15, 0.2) is 5.75 Å². The van der Waals surface area contributed by atoms with Gasteiger partial charge in [0, 0.05) is 37.8 Å². The van der Waals surface area contributed by atoms with Crippen molar-refractivity contribution >= 4 is 29.9 Å². The maximum atomic E-state index is 12.7. The molecular formula is C16H23ClN4O5. The molecule has 26 heavy (non-hydrogen) atoms. The van der Waals surface area contributed by atoms with Crippen LogP contribution in [0.15, 0.2) is 18.2 Å². The maximum absolute atomic E-state index is 12.7. The molecule has 0 aliphatic carbocycles. The van der Waals surface area contributed by atoms with Crippen LogP contribution in [0.4, 0.5) is 5.69 Å². The van der Waals surface area contributed by atoms with Gasteiger partial charge in [0.05, 0.1) is 18.0 Å². The summed E-state index contributed by atoms with van der Waals surface area (Å²) < 4.78 is 4.94. The second-order valence-corrected chi connectivity index (χ2v) is 5.81. The van der Waals surface area contributed by atoms with Gasteiger partial charge >= 0.3 is 5.69 Å². The third-order valence-electron chi connectivity index (χ3n) is 4.15. The molecule has 1 aliphatic heterocycles. The number of carbonyl (C=O) groups excluding carboxylic acids is 2. The molecule has 144 valence electrons. The number of nitrogens with two attached hydrogens (primary N) is 1. The molecular weight excluding hydrogens is 364 g/mol. The van der Waals surface area contributed by atoms with Crippen molar-refractivity contribution in [2.24, 2.45) is 11.7 Å². The van der Waals surface area contributed by atoms with Crippen molar-refractivity contribution < 1.29 is 19.2 Å². The predicted octanol–water partition coefficient (Wildman–Crippen LogP) is 0.952. The SMILES string of the molecule is COc1ccc(C(=O)N2CCCC(C(=O)NCCN)C2)cc1[N+](=O)[O-].Cl. The number of methoxy groups -OCH3 is 1. The normalized spacial score (nSPS) is 16.4. The van der Waals surface area contributed by atoms with Crippen LogP contribution in [0.25, 0.3) is 0 Å². The fourth-order valence-electron chi connectivity index (χ4n) is 2.86. The average molecular weight is 387 g/mol. The number of benzene rings is 1. The van der Waals surface area contributed by atoms with Crippen molar-refractivity contribution in [3.8, 4) is 5.75 Å². The highest BCUT2D eigenvalue weighted by atomic mass is 35.5. The largest absolute Gasteiger partial charge is 0.490 e. The number of halogens is 1. The summed E-state index contributed by atoms with van der Waals surface area (Å²) >= 11 is 0. The highest BCUT2D eigenvalue weighted by Crippen LogP contribution is 2.28. The van der Waals surface area contributed by atoms with E-state index in [1.54, 1.807) is 4.90 Å². The first kappa shape index (κ1) is 21.7. The molecule has 1 fully saturated rings. The van der Waals surface area contributed by atoms with Crippen LogP contribution in [0.1, 0.15) is 23.2 Å².